The molecule has 1 N–H and O–H groups in total. The molecule has 1 aliphatic carbocycles. The Hall–Kier alpha value is -0.0800. The van der Waals surface area contributed by atoms with Crippen LogP contribution in [0.25, 0.3) is 0 Å². The molecule has 3 unspecified atom stereocenters. The van der Waals surface area contributed by atoms with Crippen molar-refractivity contribution in [2.75, 3.05) is 19.8 Å². The molecule has 16 heavy (non-hydrogen) atoms. The average Bonchev–Trinajstić information content (AvgIpc) is 2.76. The maximum Gasteiger partial charge on any atom is 0.0622 e. The van der Waals surface area contributed by atoms with E-state index in [1.807, 2.05) is 0 Å². The third-order valence-corrected chi connectivity index (χ3v) is 3.84. The fraction of sp³-hybridized carbons (Fsp3) is 1.00. The smallest absolute Gasteiger partial charge is 0.0622 e. The van der Waals surface area contributed by atoms with Gasteiger partial charge >= 0.3 is 0 Å². The van der Waals surface area contributed by atoms with Crippen LogP contribution in [0.1, 0.15) is 52.9 Å². The van der Waals surface area contributed by atoms with E-state index in [1.54, 1.807) is 0 Å². The standard InChI is InChI=1S/C14H29NO/c1-4-9-16-11-14(15-6-3)13-8-7-12(5-2)10-13/h12-15H,4-11H2,1-3H3. The fourth-order valence-electron chi connectivity index (χ4n) is 2.83. The lowest BCUT2D eigenvalue weighted by Gasteiger charge is -2.24. The number of likely N-dealkylation sites (N-methyl/N-ethyl adjacent to an activating group) is 1. The highest BCUT2D eigenvalue weighted by atomic mass is 16.5. The molecule has 0 bridgehead atoms. The quantitative estimate of drug-likeness (QED) is 0.643. The van der Waals surface area contributed by atoms with Crippen molar-refractivity contribution in [3.05, 3.63) is 0 Å². The van der Waals surface area contributed by atoms with Crippen LogP contribution in [0.15, 0.2) is 0 Å². The van der Waals surface area contributed by atoms with Crippen LogP contribution in [0.3, 0.4) is 0 Å². The minimum atomic E-state index is 0.591. The first-order valence-corrected chi connectivity index (χ1v) is 7.12. The van der Waals surface area contributed by atoms with Crippen LogP contribution < -0.4 is 5.32 Å². The zero-order valence-electron chi connectivity index (χ0n) is 11.3. The highest BCUT2D eigenvalue weighted by Gasteiger charge is 2.29. The third kappa shape index (κ3) is 4.42. The number of nitrogens with one attached hydrogen (secondary N) is 1. The Balaban J connectivity index is 2.31. The number of hydrogen-bond donors (Lipinski definition) is 1. The summed E-state index contributed by atoms with van der Waals surface area (Å²) in [6.45, 7) is 9.56. The summed E-state index contributed by atoms with van der Waals surface area (Å²) in [5.74, 6) is 1.82. The van der Waals surface area contributed by atoms with E-state index < -0.39 is 0 Å². The second-order valence-electron chi connectivity index (χ2n) is 5.09. The molecule has 96 valence electrons. The van der Waals surface area contributed by atoms with Crippen LogP contribution in [0.5, 0.6) is 0 Å². The van der Waals surface area contributed by atoms with E-state index in [0.717, 1.165) is 38.0 Å². The van der Waals surface area contributed by atoms with Crippen molar-refractivity contribution in [3.63, 3.8) is 0 Å². The summed E-state index contributed by atoms with van der Waals surface area (Å²) < 4.78 is 5.72. The van der Waals surface area contributed by atoms with Crippen molar-refractivity contribution in [3.8, 4) is 0 Å². The van der Waals surface area contributed by atoms with Gasteiger partial charge in [0.15, 0.2) is 0 Å². The molecular weight excluding hydrogens is 198 g/mol. The summed E-state index contributed by atoms with van der Waals surface area (Å²) in [5.41, 5.74) is 0. The van der Waals surface area contributed by atoms with Crippen LogP contribution in [0.4, 0.5) is 0 Å². The van der Waals surface area contributed by atoms with Crippen molar-refractivity contribution in [1.29, 1.82) is 0 Å². The van der Waals surface area contributed by atoms with E-state index in [9.17, 15) is 0 Å². The Kier molecular flexibility index (Phi) is 7.06. The van der Waals surface area contributed by atoms with Gasteiger partial charge in [-0.05, 0) is 37.6 Å². The van der Waals surface area contributed by atoms with Crippen LogP contribution in [0.2, 0.25) is 0 Å². The molecule has 0 heterocycles. The van der Waals surface area contributed by atoms with Crippen molar-refractivity contribution in [2.24, 2.45) is 11.8 Å². The Labute approximate surface area is 101 Å². The van der Waals surface area contributed by atoms with Crippen molar-refractivity contribution >= 4 is 0 Å². The molecule has 0 aromatic carbocycles. The van der Waals surface area contributed by atoms with Crippen molar-refractivity contribution in [2.45, 2.75) is 58.9 Å². The number of rotatable bonds is 8. The molecule has 0 radical (unpaired) electrons. The van der Waals surface area contributed by atoms with Gasteiger partial charge in [-0.3, -0.25) is 0 Å². The van der Waals surface area contributed by atoms with Crippen LogP contribution in [-0.2, 0) is 4.74 Å². The molecule has 3 atom stereocenters. The van der Waals surface area contributed by atoms with E-state index in [-0.39, 0.29) is 0 Å². The van der Waals surface area contributed by atoms with E-state index in [1.165, 1.54) is 25.7 Å². The summed E-state index contributed by atoms with van der Waals surface area (Å²) in [7, 11) is 0. The summed E-state index contributed by atoms with van der Waals surface area (Å²) in [5, 5.41) is 3.60. The molecule has 0 aromatic heterocycles. The molecule has 1 rings (SSSR count). The summed E-state index contributed by atoms with van der Waals surface area (Å²) in [4.78, 5) is 0. The van der Waals surface area contributed by atoms with E-state index >= 15 is 0 Å². The van der Waals surface area contributed by atoms with Crippen LogP contribution >= 0.6 is 0 Å². The Bertz CT molecular complexity index is 172. The summed E-state index contributed by atoms with van der Waals surface area (Å²) in [6.07, 6.45) is 6.71. The first kappa shape index (κ1) is 14.0. The highest BCUT2D eigenvalue weighted by molar-refractivity contribution is 4.84. The molecule has 0 saturated heterocycles. The lowest BCUT2D eigenvalue weighted by molar-refractivity contribution is 0.0937. The summed E-state index contributed by atoms with van der Waals surface area (Å²) >= 11 is 0. The normalized spacial score (nSPS) is 27.2. The van der Waals surface area contributed by atoms with Crippen molar-refractivity contribution in [1.82, 2.24) is 5.32 Å². The molecule has 0 aromatic rings. The van der Waals surface area contributed by atoms with E-state index in [0.29, 0.717) is 6.04 Å². The summed E-state index contributed by atoms with van der Waals surface area (Å²) in [6, 6.07) is 0.591. The average molecular weight is 227 g/mol. The zero-order chi connectivity index (χ0) is 11.8. The lowest BCUT2D eigenvalue weighted by atomic mass is 9.96. The fourth-order valence-corrected chi connectivity index (χ4v) is 2.83. The Morgan fingerprint density at radius 3 is 2.62 bits per heavy atom. The topological polar surface area (TPSA) is 21.3 Å². The van der Waals surface area contributed by atoms with Gasteiger partial charge in [-0.2, -0.15) is 0 Å². The van der Waals surface area contributed by atoms with Gasteiger partial charge in [-0.25, -0.2) is 0 Å². The maximum atomic E-state index is 5.72. The van der Waals surface area contributed by atoms with Gasteiger partial charge in [0, 0.05) is 12.6 Å². The van der Waals surface area contributed by atoms with Gasteiger partial charge in [-0.15, -0.1) is 0 Å². The van der Waals surface area contributed by atoms with Gasteiger partial charge in [0.2, 0.25) is 0 Å². The maximum absolute atomic E-state index is 5.72. The molecule has 1 aliphatic rings. The molecular formula is C14H29NO. The minimum absolute atomic E-state index is 0.591. The predicted molar refractivity (Wildman–Crippen MR) is 69.7 cm³/mol. The molecule has 2 heteroatoms. The lowest BCUT2D eigenvalue weighted by Crippen LogP contribution is -2.39. The molecule has 0 aliphatic heterocycles. The zero-order valence-corrected chi connectivity index (χ0v) is 11.3. The van der Waals surface area contributed by atoms with E-state index in [4.69, 9.17) is 4.74 Å². The van der Waals surface area contributed by atoms with E-state index in [2.05, 4.69) is 26.1 Å². The monoisotopic (exact) mass is 227 g/mol. The first-order valence-electron chi connectivity index (χ1n) is 7.12. The predicted octanol–water partition coefficient (Wildman–Crippen LogP) is 3.22. The number of ether oxygens (including phenoxy) is 1. The van der Waals surface area contributed by atoms with Crippen LogP contribution in [-0.4, -0.2) is 25.8 Å². The van der Waals surface area contributed by atoms with Crippen molar-refractivity contribution < 1.29 is 4.74 Å². The second-order valence-corrected chi connectivity index (χ2v) is 5.09. The van der Waals surface area contributed by atoms with Gasteiger partial charge in [0.05, 0.1) is 6.61 Å². The van der Waals surface area contributed by atoms with Gasteiger partial charge < -0.3 is 10.1 Å². The Morgan fingerprint density at radius 2 is 2.06 bits per heavy atom. The Morgan fingerprint density at radius 1 is 1.25 bits per heavy atom. The minimum Gasteiger partial charge on any atom is -0.380 e. The molecule has 2 nitrogen and oxygen atoms in total. The molecule has 1 fully saturated rings. The molecule has 0 amide bonds. The molecule has 1 saturated carbocycles. The first-order chi connectivity index (χ1) is 7.81. The van der Waals surface area contributed by atoms with Gasteiger partial charge in [0.1, 0.15) is 0 Å². The van der Waals surface area contributed by atoms with Crippen LogP contribution in [0, 0.1) is 11.8 Å². The molecule has 0 spiro atoms. The van der Waals surface area contributed by atoms with Gasteiger partial charge in [-0.1, -0.05) is 33.6 Å². The largest absolute Gasteiger partial charge is 0.380 e. The second kappa shape index (κ2) is 8.08. The SMILES string of the molecule is CCCOCC(NCC)C1CCC(CC)C1. The highest BCUT2D eigenvalue weighted by Crippen LogP contribution is 2.34. The van der Waals surface area contributed by atoms with Gasteiger partial charge in [0.25, 0.3) is 0 Å². The third-order valence-electron chi connectivity index (χ3n) is 3.84. The number of hydrogen-bond acceptors (Lipinski definition) is 2.